The van der Waals surface area contributed by atoms with Crippen LogP contribution in [0.1, 0.15) is 55.3 Å². The summed E-state index contributed by atoms with van der Waals surface area (Å²) in [4.78, 5) is 24.4. The summed E-state index contributed by atoms with van der Waals surface area (Å²) in [6.45, 7) is 13.4. The molecule has 2 heteroatoms. The fourth-order valence-electron chi connectivity index (χ4n) is 1.95. The Bertz CT molecular complexity index is 575. The molecule has 0 atom stereocenters. The highest BCUT2D eigenvalue weighted by molar-refractivity contribution is 6.28. The molecule has 0 aliphatic heterocycles. The molecule has 0 spiro atoms. The summed E-state index contributed by atoms with van der Waals surface area (Å²) >= 11 is 0. The Kier molecular flexibility index (Phi) is 8.63. The largest absolute Gasteiger partial charge is 0.289 e. The van der Waals surface area contributed by atoms with Crippen LogP contribution in [-0.2, 0) is 0 Å². The number of benzene rings is 1. The molecule has 1 aromatic rings. The smallest absolute Gasteiger partial charge is 0.194 e. The highest BCUT2D eigenvalue weighted by atomic mass is 16.1. The Morgan fingerprint density at radius 1 is 0.857 bits per heavy atom. The third-order valence-corrected chi connectivity index (χ3v) is 2.73. The third kappa shape index (κ3) is 3.88. The fraction of sp³-hybridized carbons (Fsp3) is 0.263. The molecule has 0 amide bonds. The zero-order chi connectivity index (χ0) is 16.4. The van der Waals surface area contributed by atoms with Crippen LogP contribution in [0.15, 0.2) is 60.2 Å². The molecule has 0 radical (unpaired) electrons. The van der Waals surface area contributed by atoms with E-state index in [1.165, 1.54) is 6.08 Å². The topological polar surface area (TPSA) is 34.1 Å². The second kappa shape index (κ2) is 9.65. The molecule has 112 valence electrons. The van der Waals surface area contributed by atoms with Gasteiger partial charge in [-0.3, -0.25) is 9.59 Å². The Morgan fingerprint density at radius 2 is 1.29 bits per heavy atom. The average molecular weight is 284 g/mol. The number of allylic oxidation sites excluding steroid dienone is 5. The summed E-state index contributed by atoms with van der Waals surface area (Å²) < 4.78 is 0. The number of rotatable bonds is 2. The van der Waals surface area contributed by atoms with E-state index in [0.717, 1.165) is 0 Å². The van der Waals surface area contributed by atoms with Crippen molar-refractivity contribution in [1.82, 2.24) is 0 Å². The lowest BCUT2D eigenvalue weighted by Crippen LogP contribution is -2.20. The number of fused-ring (bicyclic) bond motifs is 1. The van der Waals surface area contributed by atoms with Crippen molar-refractivity contribution in [2.45, 2.75) is 34.6 Å². The minimum atomic E-state index is -0.136. The normalized spacial score (nSPS) is 13.0. The molecule has 0 fully saturated rings. The molecule has 0 unspecified atom stereocenters. The number of hydrogen-bond donors (Lipinski definition) is 0. The summed E-state index contributed by atoms with van der Waals surface area (Å²) in [7, 11) is 0. The Morgan fingerprint density at radius 3 is 1.67 bits per heavy atom. The van der Waals surface area contributed by atoms with Crippen molar-refractivity contribution in [2.75, 3.05) is 0 Å². The van der Waals surface area contributed by atoms with Crippen LogP contribution in [0.25, 0.3) is 0 Å². The van der Waals surface area contributed by atoms with E-state index < -0.39 is 0 Å². The second-order valence-corrected chi connectivity index (χ2v) is 3.74. The minimum absolute atomic E-state index is 0.117. The predicted octanol–water partition coefficient (Wildman–Crippen LogP) is 5.18. The van der Waals surface area contributed by atoms with Crippen LogP contribution in [0.2, 0.25) is 0 Å². The Labute approximate surface area is 127 Å². The van der Waals surface area contributed by atoms with Crippen molar-refractivity contribution in [3.63, 3.8) is 0 Å². The monoisotopic (exact) mass is 284 g/mol. The van der Waals surface area contributed by atoms with E-state index >= 15 is 0 Å². The van der Waals surface area contributed by atoms with E-state index in [1.807, 2.05) is 34.6 Å². The lowest BCUT2D eigenvalue weighted by Gasteiger charge is -2.16. The zero-order valence-electron chi connectivity index (χ0n) is 13.6. The number of Topliss-reactive ketones (excluding diaryl/α,β-unsaturated/α-hetero) is 2. The summed E-state index contributed by atoms with van der Waals surface area (Å²) in [5.74, 6) is -0.253. The molecular weight excluding hydrogens is 260 g/mol. The molecule has 0 N–H and O–H groups in total. The van der Waals surface area contributed by atoms with Crippen LogP contribution in [0.3, 0.4) is 0 Å². The molecule has 1 aromatic carbocycles. The van der Waals surface area contributed by atoms with Crippen LogP contribution in [-0.4, -0.2) is 11.6 Å². The van der Waals surface area contributed by atoms with Gasteiger partial charge in [-0.25, -0.2) is 0 Å². The molecule has 21 heavy (non-hydrogen) atoms. The van der Waals surface area contributed by atoms with Gasteiger partial charge < -0.3 is 0 Å². The van der Waals surface area contributed by atoms with E-state index in [1.54, 1.807) is 36.4 Å². The first-order valence-corrected chi connectivity index (χ1v) is 7.38. The number of carbonyl (C=O) groups is 2. The first-order chi connectivity index (χ1) is 10.2. The molecule has 0 saturated carbocycles. The van der Waals surface area contributed by atoms with Gasteiger partial charge in [0, 0.05) is 22.3 Å². The summed E-state index contributed by atoms with van der Waals surface area (Å²) in [5.41, 5.74) is 1.73. The van der Waals surface area contributed by atoms with Crippen LogP contribution in [0, 0.1) is 0 Å². The van der Waals surface area contributed by atoms with Gasteiger partial charge in [-0.2, -0.15) is 0 Å². The molecule has 2 rings (SSSR count). The van der Waals surface area contributed by atoms with Gasteiger partial charge in [0.1, 0.15) is 0 Å². The molecule has 0 heterocycles. The van der Waals surface area contributed by atoms with Gasteiger partial charge in [0.2, 0.25) is 0 Å². The number of ketones is 2. The second-order valence-electron chi connectivity index (χ2n) is 3.74. The lowest BCUT2D eigenvalue weighted by atomic mass is 9.84. The first-order valence-electron chi connectivity index (χ1n) is 7.38. The molecule has 0 bridgehead atoms. The summed E-state index contributed by atoms with van der Waals surface area (Å²) in [6, 6.07) is 6.87. The van der Waals surface area contributed by atoms with E-state index in [4.69, 9.17) is 0 Å². The highest BCUT2D eigenvalue weighted by Crippen LogP contribution is 2.27. The van der Waals surface area contributed by atoms with E-state index in [0.29, 0.717) is 22.3 Å². The predicted molar refractivity (Wildman–Crippen MR) is 89.8 cm³/mol. The summed E-state index contributed by atoms with van der Waals surface area (Å²) in [5, 5.41) is 0. The maximum Gasteiger partial charge on any atom is 0.194 e. The van der Waals surface area contributed by atoms with Crippen molar-refractivity contribution in [2.24, 2.45) is 0 Å². The van der Waals surface area contributed by atoms with Crippen molar-refractivity contribution in [1.29, 1.82) is 0 Å². The molecule has 0 saturated heterocycles. The number of hydrogen-bond acceptors (Lipinski definition) is 2. The molecule has 2 nitrogen and oxygen atoms in total. The van der Waals surface area contributed by atoms with Gasteiger partial charge in [-0.15, -0.1) is 0 Å². The minimum Gasteiger partial charge on any atom is -0.289 e. The van der Waals surface area contributed by atoms with Gasteiger partial charge in [-0.05, 0) is 6.92 Å². The molecule has 1 aliphatic carbocycles. The first kappa shape index (κ1) is 18.8. The van der Waals surface area contributed by atoms with Crippen molar-refractivity contribution in [3.05, 3.63) is 71.3 Å². The van der Waals surface area contributed by atoms with E-state index in [2.05, 4.69) is 6.58 Å². The van der Waals surface area contributed by atoms with E-state index in [9.17, 15) is 9.59 Å². The van der Waals surface area contributed by atoms with E-state index in [-0.39, 0.29) is 11.6 Å². The number of carbonyl (C=O) groups excluding carboxylic acids is 2. The highest BCUT2D eigenvalue weighted by Gasteiger charge is 2.28. The van der Waals surface area contributed by atoms with Gasteiger partial charge >= 0.3 is 0 Å². The molecule has 0 aromatic heterocycles. The average Bonchev–Trinajstić information content (AvgIpc) is 2.56. The van der Waals surface area contributed by atoms with Crippen molar-refractivity contribution >= 4 is 11.6 Å². The van der Waals surface area contributed by atoms with Crippen molar-refractivity contribution < 1.29 is 9.59 Å². The standard InChI is InChI=1S/C15H12O2.2C2H6/c1-3-7-11-10(4-2)14(16)12-8-5-6-9-13(12)15(11)17;2*1-2/h3-9H,2H2,1H3;2*1-2H3/b7-3-;;. The lowest BCUT2D eigenvalue weighted by molar-refractivity contribution is 0.0980. The maximum atomic E-state index is 12.2. The van der Waals surface area contributed by atoms with Crippen LogP contribution < -0.4 is 0 Å². The van der Waals surface area contributed by atoms with Crippen LogP contribution in [0.4, 0.5) is 0 Å². The van der Waals surface area contributed by atoms with Gasteiger partial charge in [-0.1, -0.05) is 76.8 Å². The SMILES string of the molecule is C=CC1=C(/C=C\C)C(=O)c2ccccc2C1=O.CC.CC. The van der Waals surface area contributed by atoms with Gasteiger partial charge in [0.05, 0.1) is 0 Å². The quantitative estimate of drug-likeness (QED) is 0.750. The Balaban J connectivity index is 0.000000921. The fourth-order valence-corrected chi connectivity index (χ4v) is 1.95. The third-order valence-electron chi connectivity index (χ3n) is 2.73. The molecular formula is C19H24O2. The molecule has 1 aliphatic rings. The van der Waals surface area contributed by atoms with Gasteiger partial charge in [0.15, 0.2) is 11.6 Å². The summed E-state index contributed by atoms with van der Waals surface area (Å²) in [6.07, 6.45) is 4.86. The van der Waals surface area contributed by atoms with Crippen LogP contribution >= 0.6 is 0 Å². The zero-order valence-corrected chi connectivity index (χ0v) is 13.6. The van der Waals surface area contributed by atoms with Crippen molar-refractivity contribution in [3.8, 4) is 0 Å². The van der Waals surface area contributed by atoms with Gasteiger partial charge in [0.25, 0.3) is 0 Å². The van der Waals surface area contributed by atoms with Crippen LogP contribution in [0.5, 0.6) is 0 Å². The maximum absolute atomic E-state index is 12.2. The Hall–Kier alpha value is -2.22.